The number of anilines is 1. The summed E-state index contributed by atoms with van der Waals surface area (Å²) in [7, 11) is 3.40. The molecule has 1 aliphatic rings. The molecule has 6 heteroatoms. The maximum absolute atomic E-state index is 5.83. The van der Waals surface area contributed by atoms with E-state index >= 15 is 0 Å². The van der Waals surface area contributed by atoms with Gasteiger partial charge in [0.25, 0.3) is 0 Å². The predicted molar refractivity (Wildman–Crippen MR) is 111 cm³/mol. The van der Waals surface area contributed by atoms with Crippen molar-refractivity contribution in [2.75, 3.05) is 26.6 Å². The summed E-state index contributed by atoms with van der Waals surface area (Å²) in [5.74, 6) is 2.91. The van der Waals surface area contributed by atoms with Gasteiger partial charge in [-0.3, -0.25) is 0 Å². The molecule has 0 radical (unpaired) electrons. The molecular weight excluding hydrogens is 354 g/mol. The summed E-state index contributed by atoms with van der Waals surface area (Å²) in [6, 6.07) is 11.0. The number of nitrogen functional groups attached to an aromatic ring is 1. The maximum atomic E-state index is 5.83. The van der Waals surface area contributed by atoms with Crippen molar-refractivity contribution in [2.24, 2.45) is 5.92 Å². The molecule has 0 aliphatic heterocycles. The zero-order chi connectivity index (χ0) is 19.9. The molecule has 0 bridgehead atoms. The Hall–Kier alpha value is -2.86. The predicted octanol–water partition coefficient (Wildman–Crippen LogP) is 4.75. The van der Waals surface area contributed by atoms with Gasteiger partial charge in [-0.15, -0.1) is 0 Å². The Bertz CT molecular complexity index is 926. The number of nitrogens with two attached hydrogens (primary N) is 1. The second-order valence-corrected chi connectivity index (χ2v) is 6.92. The molecule has 1 aromatic heterocycles. The van der Waals surface area contributed by atoms with Crippen molar-refractivity contribution < 1.29 is 14.2 Å². The standard InChI is InChI=1S/C16H15N3O2.C6H12O/c1-10-6-14-13(8-15(10)20-2)16(19-9-18-14)21-12-5-3-4-11(17)7-12;1-7-5-4-6-2-3-6/h3-9H,17H2,1-2H3;6H,2-5H2,1H3. The number of fused-ring (bicyclic) bond motifs is 1. The van der Waals surface area contributed by atoms with Crippen LogP contribution >= 0.6 is 0 Å². The minimum Gasteiger partial charge on any atom is -0.496 e. The molecule has 6 nitrogen and oxygen atoms in total. The summed E-state index contributed by atoms with van der Waals surface area (Å²) in [5.41, 5.74) is 8.22. The number of aryl methyl sites for hydroxylation is 1. The zero-order valence-corrected chi connectivity index (χ0v) is 16.6. The van der Waals surface area contributed by atoms with Crippen LogP contribution in [0.5, 0.6) is 17.4 Å². The number of aromatic nitrogens is 2. The minimum absolute atomic E-state index is 0.476. The average molecular weight is 381 g/mol. The van der Waals surface area contributed by atoms with Crippen molar-refractivity contribution >= 4 is 16.6 Å². The number of ether oxygens (including phenoxy) is 3. The Morgan fingerprint density at radius 1 is 1.11 bits per heavy atom. The van der Waals surface area contributed by atoms with Gasteiger partial charge in [-0.05, 0) is 49.1 Å². The van der Waals surface area contributed by atoms with Crippen LogP contribution in [0.4, 0.5) is 5.69 Å². The Labute approximate surface area is 165 Å². The van der Waals surface area contributed by atoms with Gasteiger partial charge in [-0.1, -0.05) is 18.9 Å². The summed E-state index contributed by atoms with van der Waals surface area (Å²) in [6.07, 6.45) is 5.67. The van der Waals surface area contributed by atoms with Gasteiger partial charge in [-0.2, -0.15) is 0 Å². The molecule has 4 rings (SSSR count). The van der Waals surface area contributed by atoms with Gasteiger partial charge in [0, 0.05) is 25.5 Å². The molecule has 1 heterocycles. The molecule has 0 atom stereocenters. The Kier molecular flexibility index (Phi) is 6.66. The van der Waals surface area contributed by atoms with Crippen molar-refractivity contribution in [1.29, 1.82) is 0 Å². The summed E-state index contributed by atoms with van der Waals surface area (Å²) in [4.78, 5) is 8.47. The lowest BCUT2D eigenvalue weighted by Crippen LogP contribution is -1.94. The lowest BCUT2D eigenvalue weighted by Gasteiger charge is -2.10. The van der Waals surface area contributed by atoms with E-state index in [1.165, 1.54) is 25.6 Å². The highest BCUT2D eigenvalue weighted by molar-refractivity contribution is 5.86. The van der Waals surface area contributed by atoms with Crippen LogP contribution in [0.3, 0.4) is 0 Å². The summed E-state index contributed by atoms with van der Waals surface area (Å²) in [5, 5.41) is 0.794. The Balaban J connectivity index is 0.000000271. The van der Waals surface area contributed by atoms with Crippen LogP contribution in [0.2, 0.25) is 0 Å². The van der Waals surface area contributed by atoms with Gasteiger partial charge in [0.05, 0.1) is 18.0 Å². The number of hydrogen-bond donors (Lipinski definition) is 1. The second-order valence-electron chi connectivity index (χ2n) is 6.92. The Morgan fingerprint density at radius 3 is 2.61 bits per heavy atom. The van der Waals surface area contributed by atoms with E-state index in [-0.39, 0.29) is 0 Å². The first-order valence-electron chi connectivity index (χ1n) is 9.42. The van der Waals surface area contributed by atoms with E-state index in [9.17, 15) is 0 Å². The fourth-order valence-corrected chi connectivity index (χ4v) is 2.85. The largest absolute Gasteiger partial charge is 0.496 e. The number of methoxy groups -OCH3 is 2. The smallest absolute Gasteiger partial charge is 0.230 e. The second kappa shape index (κ2) is 9.37. The minimum atomic E-state index is 0.476. The summed E-state index contributed by atoms with van der Waals surface area (Å²) >= 11 is 0. The summed E-state index contributed by atoms with van der Waals surface area (Å²) < 4.78 is 16.1. The quantitative estimate of drug-likeness (QED) is 0.621. The lowest BCUT2D eigenvalue weighted by atomic mass is 10.1. The number of nitrogens with zero attached hydrogens (tertiary/aromatic N) is 2. The van der Waals surface area contributed by atoms with Crippen LogP contribution in [0.25, 0.3) is 10.9 Å². The van der Waals surface area contributed by atoms with Crippen LogP contribution in [0.15, 0.2) is 42.7 Å². The topological polar surface area (TPSA) is 79.5 Å². The first kappa shape index (κ1) is 19.9. The number of rotatable bonds is 6. The monoisotopic (exact) mass is 381 g/mol. The Morgan fingerprint density at radius 2 is 1.93 bits per heavy atom. The molecule has 1 aliphatic carbocycles. The highest BCUT2D eigenvalue weighted by Crippen LogP contribution is 2.32. The molecule has 2 aromatic carbocycles. The van der Waals surface area contributed by atoms with Crippen molar-refractivity contribution in [2.45, 2.75) is 26.2 Å². The fraction of sp³-hybridized carbons (Fsp3) is 0.364. The van der Waals surface area contributed by atoms with Crippen molar-refractivity contribution in [1.82, 2.24) is 9.97 Å². The molecule has 148 valence electrons. The molecule has 0 amide bonds. The van der Waals surface area contributed by atoms with E-state index in [1.54, 1.807) is 26.4 Å². The van der Waals surface area contributed by atoms with Crippen LogP contribution in [0.1, 0.15) is 24.8 Å². The van der Waals surface area contributed by atoms with Crippen LogP contribution in [-0.4, -0.2) is 30.8 Å². The van der Waals surface area contributed by atoms with Gasteiger partial charge in [0.15, 0.2) is 0 Å². The molecule has 0 unspecified atom stereocenters. The van der Waals surface area contributed by atoms with Crippen molar-refractivity contribution in [3.63, 3.8) is 0 Å². The molecule has 1 saturated carbocycles. The maximum Gasteiger partial charge on any atom is 0.230 e. The number of benzene rings is 2. The van der Waals surface area contributed by atoms with Gasteiger partial charge >= 0.3 is 0 Å². The van der Waals surface area contributed by atoms with E-state index in [1.807, 2.05) is 31.2 Å². The molecular formula is C22H27N3O3. The van der Waals surface area contributed by atoms with Crippen LogP contribution in [-0.2, 0) is 4.74 Å². The van der Waals surface area contributed by atoms with Gasteiger partial charge in [0.2, 0.25) is 5.88 Å². The summed E-state index contributed by atoms with van der Waals surface area (Å²) in [6.45, 7) is 2.93. The van der Waals surface area contributed by atoms with E-state index in [0.717, 1.165) is 34.7 Å². The molecule has 0 spiro atoms. The molecule has 28 heavy (non-hydrogen) atoms. The average Bonchev–Trinajstić information content (AvgIpc) is 3.51. The molecule has 3 aromatic rings. The van der Waals surface area contributed by atoms with E-state index in [4.69, 9.17) is 19.9 Å². The third kappa shape index (κ3) is 5.33. The third-order valence-electron chi connectivity index (χ3n) is 4.62. The van der Waals surface area contributed by atoms with E-state index in [0.29, 0.717) is 17.3 Å². The third-order valence-corrected chi connectivity index (χ3v) is 4.62. The molecule has 1 fully saturated rings. The molecule has 0 saturated heterocycles. The lowest BCUT2D eigenvalue weighted by molar-refractivity contribution is 0.190. The van der Waals surface area contributed by atoms with Gasteiger partial charge in [0.1, 0.15) is 17.8 Å². The molecule has 2 N–H and O–H groups in total. The van der Waals surface area contributed by atoms with Crippen LogP contribution < -0.4 is 15.2 Å². The highest BCUT2D eigenvalue weighted by atomic mass is 16.5. The van der Waals surface area contributed by atoms with Gasteiger partial charge < -0.3 is 19.9 Å². The van der Waals surface area contributed by atoms with Crippen molar-refractivity contribution in [3.05, 3.63) is 48.3 Å². The fourth-order valence-electron chi connectivity index (χ4n) is 2.85. The SMILES string of the molecule is COCCC1CC1.COc1cc2c(Oc3cccc(N)c3)ncnc2cc1C. The van der Waals surface area contributed by atoms with Crippen molar-refractivity contribution in [3.8, 4) is 17.4 Å². The highest BCUT2D eigenvalue weighted by Gasteiger charge is 2.19. The zero-order valence-electron chi connectivity index (χ0n) is 16.6. The number of hydrogen-bond acceptors (Lipinski definition) is 6. The van der Waals surface area contributed by atoms with Gasteiger partial charge in [-0.25, -0.2) is 9.97 Å². The van der Waals surface area contributed by atoms with E-state index in [2.05, 4.69) is 9.97 Å². The normalized spacial score (nSPS) is 13.0. The van der Waals surface area contributed by atoms with E-state index < -0.39 is 0 Å². The van der Waals surface area contributed by atoms with Crippen LogP contribution in [0, 0.1) is 12.8 Å². The first-order valence-corrected chi connectivity index (χ1v) is 9.42. The first-order chi connectivity index (χ1) is 13.6.